The van der Waals surface area contributed by atoms with E-state index >= 15 is 0 Å². The van der Waals surface area contributed by atoms with Crippen LogP contribution in [0.25, 0.3) is 0 Å². The van der Waals surface area contributed by atoms with Gasteiger partial charge in [0, 0.05) is 32.0 Å². The van der Waals surface area contributed by atoms with Crippen LogP contribution in [0.3, 0.4) is 0 Å². The fourth-order valence-electron chi connectivity index (χ4n) is 2.88. The van der Waals surface area contributed by atoms with Crippen molar-refractivity contribution in [2.24, 2.45) is 10.2 Å². The van der Waals surface area contributed by atoms with E-state index in [1.54, 1.807) is 12.1 Å². The molecule has 0 aliphatic heterocycles. The van der Waals surface area contributed by atoms with Gasteiger partial charge in [-0.2, -0.15) is 10.2 Å². The first kappa shape index (κ1) is 23.5. The molecule has 0 amide bonds. The minimum absolute atomic E-state index is 0.121. The van der Waals surface area contributed by atoms with E-state index < -0.39 is 9.84 Å². The van der Waals surface area contributed by atoms with Crippen LogP contribution in [0.4, 0.5) is 17.1 Å². The molecular formula is C23H29N3O3S. The van der Waals surface area contributed by atoms with E-state index in [9.17, 15) is 13.2 Å². The van der Waals surface area contributed by atoms with Gasteiger partial charge in [-0.3, -0.25) is 4.79 Å². The highest BCUT2D eigenvalue weighted by Gasteiger charge is 2.06. The lowest BCUT2D eigenvalue weighted by molar-refractivity contribution is -0.114. The summed E-state index contributed by atoms with van der Waals surface area (Å²) in [6.45, 7) is 4.44. The summed E-state index contributed by atoms with van der Waals surface area (Å²) in [7, 11) is -1.15. The Kier molecular flexibility index (Phi) is 8.92. The molecular weight excluding hydrogens is 398 g/mol. The second-order valence-electron chi connectivity index (χ2n) is 7.24. The summed E-state index contributed by atoms with van der Waals surface area (Å²) in [5, 5.41) is 8.37. The normalized spacial score (nSPS) is 11.5. The van der Waals surface area contributed by atoms with Gasteiger partial charge in [-0.1, -0.05) is 19.4 Å². The van der Waals surface area contributed by atoms with Crippen molar-refractivity contribution in [1.82, 2.24) is 0 Å². The van der Waals surface area contributed by atoms with Crippen molar-refractivity contribution in [1.29, 1.82) is 0 Å². The van der Waals surface area contributed by atoms with Crippen LogP contribution in [-0.4, -0.2) is 34.0 Å². The van der Waals surface area contributed by atoms with Crippen LogP contribution in [0.1, 0.15) is 32.1 Å². The topological polar surface area (TPSA) is 79.2 Å². The van der Waals surface area contributed by atoms with E-state index in [1.165, 1.54) is 24.5 Å². The van der Waals surface area contributed by atoms with E-state index in [2.05, 4.69) is 28.8 Å². The lowest BCUT2D eigenvalue weighted by Gasteiger charge is -2.19. The van der Waals surface area contributed by atoms with Crippen LogP contribution in [0.2, 0.25) is 0 Å². The molecule has 160 valence electrons. The fraction of sp³-hybridized carbons (Fsp3) is 0.348. The maximum absolute atomic E-state index is 11.5. The van der Waals surface area contributed by atoms with Crippen LogP contribution < -0.4 is 4.90 Å². The molecule has 2 rings (SSSR count). The molecule has 30 heavy (non-hydrogen) atoms. The van der Waals surface area contributed by atoms with Crippen molar-refractivity contribution in [3.05, 3.63) is 61.2 Å². The molecule has 0 aromatic heterocycles. The molecule has 0 N–H and O–H groups in total. The molecule has 0 aliphatic carbocycles. The number of azo groups is 1. The Morgan fingerprint density at radius 3 is 2.00 bits per heavy atom. The van der Waals surface area contributed by atoms with Gasteiger partial charge in [0.2, 0.25) is 0 Å². The number of carbonyl (C=O) groups excluding carboxylic acids is 1. The molecule has 0 bridgehead atoms. The highest BCUT2D eigenvalue weighted by atomic mass is 32.2. The summed E-state index contributed by atoms with van der Waals surface area (Å²) in [5.74, 6) is 0.121. The predicted molar refractivity (Wildman–Crippen MR) is 122 cm³/mol. The quantitative estimate of drug-likeness (QED) is 0.249. The third-order valence-corrected chi connectivity index (χ3v) is 5.86. The number of hydrogen-bond acceptors (Lipinski definition) is 6. The Labute approximate surface area is 179 Å². The zero-order chi connectivity index (χ0) is 22.0. The lowest BCUT2D eigenvalue weighted by atomic mass is 10.1. The molecule has 0 saturated heterocycles. The van der Waals surface area contributed by atoms with Crippen molar-refractivity contribution >= 4 is 32.7 Å². The number of ketones is 1. The van der Waals surface area contributed by atoms with Crippen LogP contribution in [0.15, 0.2) is 76.3 Å². The second kappa shape index (κ2) is 11.4. The molecule has 0 unspecified atom stereocenters. The number of allylic oxidation sites excluding steroid dienone is 1. The van der Waals surface area contributed by atoms with Gasteiger partial charge < -0.3 is 4.90 Å². The van der Waals surface area contributed by atoms with E-state index in [-0.39, 0.29) is 10.7 Å². The van der Waals surface area contributed by atoms with E-state index in [0.717, 1.165) is 43.6 Å². The van der Waals surface area contributed by atoms with Crippen molar-refractivity contribution in [2.45, 2.75) is 37.0 Å². The van der Waals surface area contributed by atoms with Gasteiger partial charge in [0.25, 0.3) is 0 Å². The zero-order valence-electron chi connectivity index (χ0n) is 17.6. The van der Waals surface area contributed by atoms with Gasteiger partial charge in [-0.15, -0.1) is 0 Å². The molecule has 0 heterocycles. The number of benzene rings is 2. The average Bonchev–Trinajstić information content (AvgIpc) is 2.74. The molecule has 2 aromatic carbocycles. The van der Waals surface area contributed by atoms with Crippen molar-refractivity contribution in [3.63, 3.8) is 0 Å². The number of unbranched alkanes of at least 4 members (excludes halogenated alkanes) is 3. The number of anilines is 1. The Bertz CT molecular complexity index is 966. The number of hydrogen-bond donors (Lipinski definition) is 0. The van der Waals surface area contributed by atoms with Crippen LogP contribution in [-0.2, 0) is 14.6 Å². The molecule has 0 fully saturated rings. The first-order valence-corrected chi connectivity index (χ1v) is 11.9. The van der Waals surface area contributed by atoms with Crippen molar-refractivity contribution in [3.8, 4) is 0 Å². The van der Waals surface area contributed by atoms with Gasteiger partial charge in [0.1, 0.15) is 0 Å². The van der Waals surface area contributed by atoms with Crippen LogP contribution >= 0.6 is 0 Å². The van der Waals surface area contributed by atoms with Crippen LogP contribution in [0.5, 0.6) is 0 Å². The first-order chi connectivity index (χ1) is 14.3. The van der Waals surface area contributed by atoms with E-state index in [4.69, 9.17) is 0 Å². The van der Waals surface area contributed by atoms with Crippen molar-refractivity contribution < 1.29 is 13.2 Å². The van der Waals surface area contributed by atoms with Gasteiger partial charge in [0.15, 0.2) is 15.6 Å². The predicted octanol–water partition coefficient (Wildman–Crippen LogP) is 5.65. The third kappa shape index (κ3) is 7.91. The zero-order valence-corrected chi connectivity index (χ0v) is 18.4. The molecule has 0 atom stereocenters. The monoisotopic (exact) mass is 427 g/mol. The highest BCUT2D eigenvalue weighted by Crippen LogP contribution is 2.23. The largest absolute Gasteiger partial charge is 0.375 e. The van der Waals surface area contributed by atoms with Crippen LogP contribution in [0, 0.1) is 0 Å². The smallest absolute Gasteiger partial charge is 0.175 e. The lowest BCUT2D eigenvalue weighted by Crippen LogP contribution is -2.18. The summed E-state index contributed by atoms with van der Waals surface area (Å²) in [4.78, 5) is 13.6. The minimum atomic E-state index is -3.21. The molecule has 6 nitrogen and oxygen atoms in total. The average molecular weight is 428 g/mol. The summed E-state index contributed by atoms with van der Waals surface area (Å²) < 4.78 is 23.0. The fourth-order valence-corrected chi connectivity index (χ4v) is 3.51. The number of nitrogens with zero attached hydrogens (tertiary/aromatic N) is 3. The number of sulfone groups is 1. The molecule has 0 spiro atoms. The Balaban J connectivity index is 1.80. The molecule has 0 saturated carbocycles. The first-order valence-electron chi connectivity index (χ1n) is 9.98. The van der Waals surface area contributed by atoms with E-state index in [0.29, 0.717) is 12.1 Å². The maximum atomic E-state index is 11.5. The summed E-state index contributed by atoms with van der Waals surface area (Å²) in [6, 6.07) is 14.1. The minimum Gasteiger partial charge on any atom is -0.375 e. The van der Waals surface area contributed by atoms with Gasteiger partial charge in [-0.05, 0) is 67.4 Å². The van der Waals surface area contributed by atoms with E-state index in [1.807, 2.05) is 24.3 Å². The van der Waals surface area contributed by atoms with Gasteiger partial charge >= 0.3 is 0 Å². The van der Waals surface area contributed by atoms with Crippen molar-refractivity contribution in [2.75, 3.05) is 24.7 Å². The summed E-state index contributed by atoms with van der Waals surface area (Å²) in [6.07, 6.45) is 7.31. The second-order valence-corrected chi connectivity index (χ2v) is 9.25. The van der Waals surface area contributed by atoms with Gasteiger partial charge in [-0.25, -0.2) is 8.42 Å². The molecule has 0 radical (unpaired) electrons. The standard InChI is InChI=1S/C23H29N3O3S/c1-4-22(27)9-7-5-6-8-18-26(2)21-14-10-19(11-15-21)24-25-20-12-16-23(17-13-20)30(3,28)29/h4,10-17H,1,5-9,18H2,2-3H3/b25-24+. The highest BCUT2D eigenvalue weighted by molar-refractivity contribution is 7.90. The maximum Gasteiger partial charge on any atom is 0.175 e. The Morgan fingerprint density at radius 2 is 1.47 bits per heavy atom. The Morgan fingerprint density at radius 1 is 0.933 bits per heavy atom. The van der Waals surface area contributed by atoms with Gasteiger partial charge in [0.05, 0.1) is 16.3 Å². The summed E-state index contributed by atoms with van der Waals surface area (Å²) in [5.41, 5.74) is 2.43. The number of carbonyl (C=O) groups is 1. The SMILES string of the molecule is C=CC(=O)CCCCCCN(C)c1ccc(/N=N/c2ccc(S(C)(=O)=O)cc2)cc1. The Hall–Kier alpha value is -2.80. The molecule has 0 aliphatic rings. The summed E-state index contributed by atoms with van der Waals surface area (Å²) >= 11 is 0. The molecule has 2 aromatic rings. The third-order valence-electron chi connectivity index (χ3n) is 4.73. The number of rotatable bonds is 12. The molecule has 7 heteroatoms.